The number of halogens is 1. The average molecular weight is 328 g/mol. The van der Waals surface area contributed by atoms with E-state index in [1.54, 1.807) is 0 Å². The van der Waals surface area contributed by atoms with Crippen LogP contribution in [0.3, 0.4) is 0 Å². The maximum atomic E-state index is 13.6. The fraction of sp³-hybridized carbons (Fsp3) is 0.533. The topological polar surface area (TPSA) is 75.3 Å². The highest BCUT2D eigenvalue weighted by atomic mass is 32.2. The summed E-state index contributed by atoms with van der Waals surface area (Å²) in [4.78, 5) is 11.0. The number of nitrogens with one attached hydrogen (secondary N) is 2. The van der Waals surface area contributed by atoms with Crippen molar-refractivity contribution < 1.29 is 17.6 Å². The second-order valence-corrected chi connectivity index (χ2v) is 7.93. The Morgan fingerprint density at radius 1 is 1.32 bits per heavy atom. The summed E-state index contributed by atoms with van der Waals surface area (Å²) in [6, 6.07) is 3.37. The number of carbonyl (C=O) groups is 1. The van der Waals surface area contributed by atoms with Gasteiger partial charge in [0.1, 0.15) is 5.82 Å². The first-order valence-electron chi connectivity index (χ1n) is 7.29. The molecule has 22 heavy (non-hydrogen) atoms. The predicted molar refractivity (Wildman–Crippen MR) is 82.5 cm³/mol. The lowest BCUT2D eigenvalue weighted by atomic mass is 9.89. The molecule has 0 aliphatic heterocycles. The third-order valence-corrected chi connectivity index (χ3v) is 5.46. The molecule has 1 aromatic carbocycles. The Kier molecular flexibility index (Phi) is 4.87. The molecule has 0 radical (unpaired) electrons. The summed E-state index contributed by atoms with van der Waals surface area (Å²) in [6.07, 6.45) is 4.22. The van der Waals surface area contributed by atoms with Crippen molar-refractivity contribution in [1.29, 1.82) is 0 Å². The molecule has 1 saturated carbocycles. The summed E-state index contributed by atoms with van der Waals surface area (Å²) in [5.41, 5.74) is -0.157. The van der Waals surface area contributed by atoms with Gasteiger partial charge in [-0.25, -0.2) is 17.5 Å². The van der Waals surface area contributed by atoms with Gasteiger partial charge in [-0.15, -0.1) is 0 Å². The molecule has 1 fully saturated rings. The van der Waals surface area contributed by atoms with E-state index >= 15 is 0 Å². The zero-order chi connectivity index (χ0) is 16.4. The molecule has 0 spiro atoms. The Bertz CT molecular complexity index is 667. The smallest absolute Gasteiger partial charge is 0.240 e. The molecule has 1 aliphatic carbocycles. The van der Waals surface area contributed by atoms with Gasteiger partial charge < -0.3 is 5.32 Å². The summed E-state index contributed by atoms with van der Waals surface area (Å²) >= 11 is 0. The first-order valence-corrected chi connectivity index (χ1v) is 8.77. The van der Waals surface area contributed by atoms with Crippen molar-refractivity contribution in [1.82, 2.24) is 4.72 Å². The zero-order valence-corrected chi connectivity index (χ0v) is 13.6. The molecular formula is C15H21FN2O3S. The number of amides is 1. The number of sulfonamides is 1. The van der Waals surface area contributed by atoms with Crippen LogP contribution in [0.25, 0.3) is 0 Å². The summed E-state index contributed by atoms with van der Waals surface area (Å²) < 4.78 is 40.8. The molecule has 0 unspecified atom stereocenters. The normalized spacial score (nSPS) is 17.4. The van der Waals surface area contributed by atoms with Crippen LogP contribution in [0.4, 0.5) is 10.1 Å². The highest BCUT2D eigenvalue weighted by Gasteiger charge is 2.30. The van der Waals surface area contributed by atoms with Crippen LogP contribution in [-0.2, 0) is 14.8 Å². The molecule has 0 bridgehead atoms. The highest BCUT2D eigenvalue weighted by molar-refractivity contribution is 7.89. The van der Waals surface area contributed by atoms with E-state index in [1.165, 1.54) is 13.0 Å². The molecule has 0 saturated heterocycles. The lowest BCUT2D eigenvalue weighted by Gasteiger charge is -2.23. The van der Waals surface area contributed by atoms with Crippen molar-refractivity contribution in [2.75, 3.05) is 11.9 Å². The van der Waals surface area contributed by atoms with Crippen LogP contribution in [0.1, 0.15) is 39.5 Å². The van der Waals surface area contributed by atoms with Gasteiger partial charge in [0.25, 0.3) is 0 Å². The molecule has 0 aromatic heterocycles. The van der Waals surface area contributed by atoms with E-state index in [-0.39, 0.29) is 16.0 Å². The van der Waals surface area contributed by atoms with E-state index in [0.717, 1.165) is 37.8 Å². The van der Waals surface area contributed by atoms with Crippen molar-refractivity contribution in [3.63, 3.8) is 0 Å². The van der Waals surface area contributed by atoms with Crippen LogP contribution in [0.15, 0.2) is 23.1 Å². The summed E-state index contributed by atoms with van der Waals surface area (Å²) in [6.45, 7) is 3.66. The third-order valence-electron chi connectivity index (χ3n) is 4.06. The van der Waals surface area contributed by atoms with Gasteiger partial charge in [0.05, 0.1) is 10.6 Å². The van der Waals surface area contributed by atoms with Crippen LogP contribution in [0.5, 0.6) is 0 Å². The van der Waals surface area contributed by atoms with E-state index in [1.807, 2.05) is 0 Å². The third kappa shape index (κ3) is 4.04. The Balaban J connectivity index is 2.16. The second kappa shape index (κ2) is 6.34. The molecular weight excluding hydrogens is 307 g/mol. The van der Waals surface area contributed by atoms with Crippen LogP contribution in [0.2, 0.25) is 0 Å². The molecule has 2 N–H and O–H groups in total. The minimum absolute atomic E-state index is 0.0203. The fourth-order valence-electron chi connectivity index (χ4n) is 2.71. The summed E-state index contributed by atoms with van der Waals surface area (Å²) in [5.74, 6) is -1.13. The first kappa shape index (κ1) is 16.9. The largest absolute Gasteiger partial charge is 0.324 e. The predicted octanol–water partition coefficient (Wildman–Crippen LogP) is 2.64. The van der Waals surface area contributed by atoms with Crippen molar-refractivity contribution >= 4 is 21.6 Å². The van der Waals surface area contributed by atoms with Crippen LogP contribution < -0.4 is 10.0 Å². The highest BCUT2D eigenvalue weighted by Crippen LogP contribution is 2.37. The van der Waals surface area contributed by atoms with Gasteiger partial charge in [0.15, 0.2) is 0 Å². The van der Waals surface area contributed by atoms with Gasteiger partial charge in [-0.3, -0.25) is 4.79 Å². The Hall–Kier alpha value is -1.47. The molecule has 0 atom stereocenters. The van der Waals surface area contributed by atoms with Gasteiger partial charge in [-0.05, 0) is 36.5 Å². The van der Waals surface area contributed by atoms with Gasteiger partial charge in [0, 0.05) is 13.5 Å². The van der Waals surface area contributed by atoms with Gasteiger partial charge in [0.2, 0.25) is 15.9 Å². The van der Waals surface area contributed by atoms with Crippen molar-refractivity contribution in [3.05, 3.63) is 24.0 Å². The van der Waals surface area contributed by atoms with Crippen molar-refractivity contribution in [2.24, 2.45) is 5.41 Å². The van der Waals surface area contributed by atoms with E-state index < -0.39 is 21.7 Å². The number of carbonyl (C=O) groups excluding carboxylic acids is 1. The Labute approximate surface area is 130 Å². The van der Waals surface area contributed by atoms with Crippen molar-refractivity contribution in [2.45, 2.75) is 44.4 Å². The second-order valence-electron chi connectivity index (χ2n) is 6.17. The minimum Gasteiger partial charge on any atom is -0.324 e. The number of rotatable bonds is 5. The molecule has 122 valence electrons. The monoisotopic (exact) mass is 328 g/mol. The molecule has 0 heterocycles. The Morgan fingerprint density at radius 2 is 1.95 bits per heavy atom. The molecule has 1 amide bonds. The lowest BCUT2D eigenvalue weighted by molar-refractivity contribution is -0.114. The quantitative estimate of drug-likeness (QED) is 0.872. The van der Waals surface area contributed by atoms with Crippen molar-refractivity contribution in [3.8, 4) is 0 Å². The van der Waals surface area contributed by atoms with Gasteiger partial charge in [-0.2, -0.15) is 0 Å². The zero-order valence-electron chi connectivity index (χ0n) is 12.8. The van der Waals surface area contributed by atoms with E-state index in [2.05, 4.69) is 17.0 Å². The summed E-state index contributed by atoms with van der Waals surface area (Å²) in [5, 5.41) is 2.28. The number of hydrogen-bond donors (Lipinski definition) is 2. The fourth-order valence-corrected chi connectivity index (χ4v) is 3.94. The van der Waals surface area contributed by atoms with E-state index in [0.29, 0.717) is 6.54 Å². The minimum atomic E-state index is -3.73. The SMILES string of the molecule is CC(=O)Nc1cc(S(=O)(=O)NCC2(C)CCCC2)ccc1F. The Morgan fingerprint density at radius 3 is 2.55 bits per heavy atom. The number of benzene rings is 1. The number of hydrogen-bond acceptors (Lipinski definition) is 3. The van der Waals surface area contributed by atoms with Crippen LogP contribution in [0, 0.1) is 11.2 Å². The summed E-state index contributed by atoms with van der Waals surface area (Å²) in [7, 11) is -3.73. The number of anilines is 1. The maximum Gasteiger partial charge on any atom is 0.240 e. The molecule has 2 rings (SSSR count). The van der Waals surface area contributed by atoms with Crippen LogP contribution in [-0.4, -0.2) is 20.9 Å². The van der Waals surface area contributed by atoms with Crippen LogP contribution >= 0.6 is 0 Å². The standard InChI is InChI=1S/C15H21FN2O3S/c1-11(19)18-14-9-12(5-6-13(14)16)22(20,21)17-10-15(2)7-3-4-8-15/h5-6,9,17H,3-4,7-8,10H2,1-2H3,(H,18,19). The molecule has 1 aliphatic rings. The molecule has 1 aromatic rings. The van der Waals surface area contributed by atoms with E-state index in [9.17, 15) is 17.6 Å². The first-order chi connectivity index (χ1) is 10.2. The van der Waals surface area contributed by atoms with E-state index in [4.69, 9.17) is 0 Å². The molecule has 5 nitrogen and oxygen atoms in total. The average Bonchev–Trinajstić information content (AvgIpc) is 2.86. The molecule has 7 heteroatoms. The lowest BCUT2D eigenvalue weighted by Crippen LogP contribution is -2.34. The maximum absolute atomic E-state index is 13.6. The van der Waals surface area contributed by atoms with Gasteiger partial charge >= 0.3 is 0 Å². The van der Waals surface area contributed by atoms with Gasteiger partial charge in [-0.1, -0.05) is 19.8 Å².